The zero-order chi connectivity index (χ0) is 19.1. The highest BCUT2D eigenvalue weighted by Crippen LogP contribution is 2.18. The Morgan fingerprint density at radius 2 is 1.89 bits per heavy atom. The smallest absolute Gasteiger partial charge is 0.194 e. The van der Waals surface area contributed by atoms with Crippen molar-refractivity contribution in [1.82, 2.24) is 20.1 Å². The first kappa shape index (κ1) is 22.9. The van der Waals surface area contributed by atoms with Crippen molar-refractivity contribution >= 4 is 46.4 Å². The minimum absolute atomic E-state index is 0. The van der Waals surface area contributed by atoms with Crippen molar-refractivity contribution in [3.05, 3.63) is 47.0 Å². The topological polar surface area (TPSA) is 47.0 Å². The molecule has 1 aliphatic rings. The van der Waals surface area contributed by atoms with Gasteiger partial charge in [-0.05, 0) is 12.5 Å². The molecule has 6 nitrogen and oxygen atoms in total. The first-order valence-corrected chi connectivity index (χ1v) is 10.4. The predicted octanol–water partition coefficient (Wildman–Crippen LogP) is 3.11. The summed E-state index contributed by atoms with van der Waals surface area (Å²) in [7, 11) is 4.04. The molecule has 0 bridgehead atoms. The summed E-state index contributed by atoms with van der Waals surface area (Å²) >= 11 is 1.66. The van der Waals surface area contributed by atoms with E-state index in [0.29, 0.717) is 6.54 Å². The summed E-state index contributed by atoms with van der Waals surface area (Å²) in [6.07, 6.45) is 0. The van der Waals surface area contributed by atoms with Crippen molar-refractivity contribution < 1.29 is 0 Å². The number of nitrogens with zero attached hydrogens (tertiary/aromatic N) is 5. The van der Waals surface area contributed by atoms with Crippen LogP contribution in [0.15, 0.2) is 40.7 Å². The van der Waals surface area contributed by atoms with Crippen LogP contribution in [0.25, 0.3) is 0 Å². The molecule has 2 aromatic rings. The van der Waals surface area contributed by atoms with Crippen LogP contribution in [0.5, 0.6) is 0 Å². The summed E-state index contributed by atoms with van der Waals surface area (Å²) in [6.45, 7) is 8.75. The van der Waals surface area contributed by atoms with Gasteiger partial charge in [-0.25, -0.2) is 9.98 Å². The second-order valence-corrected chi connectivity index (χ2v) is 7.77. The SMILES string of the molecule is CCNC(=NCc1csc(N(C)C)n1)N1CCN(Cc2ccccc2)CC1.I. The quantitative estimate of drug-likeness (QED) is 0.365. The maximum Gasteiger partial charge on any atom is 0.194 e. The molecule has 3 rings (SSSR count). The molecule has 1 aromatic carbocycles. The summed E-state index contributed by atoms with van der Waals surface area (Å²) in [5.41, 5.74) is 2.41. The fraction of sp³-hybridized carbons (Fsp3) is 0.500. The summed E-state index contributed by atoms with van der Waals surface area (Å²) in [5, 5.41) is 6.56. The predicted molar refractivity (Wildman–Crippen MR) is 130 cm³/mol. The third-order valence-corrected chi connectivity index (χ3v) is 5.63. The summed E-state index contributed by atoms with van der Waals surface area (Å²) in [4.78, 5) is 16.4. The maximum atomic E-state index is 4.83. The van der Waals surface area contributed by atoms with E-state index in [4.69, 9.17) is 4.99 Å². The number of benzene rings is 1. The van der Waals surface area contributed by atoms with Gasteiger partial charge in [-0.2, -0.15) is 0 Å². The Bertz CT molecular complexity index is 725. The number of thiazole rings is 1. The molecule has 1 fully saturated rings. The Morgan fingerprint density at radius 3 is 2.50 bits per heavy atom. The number of hydrogen-bond donors (Lipinski definition) is 1. The third kappa shape index (κ3) is 6.59. The van der Waals surface area contributed by atoms with Crippen LogP contribution in [0, 0.1) is 0 Å². The molecule has 0 radical (unpaired) electrons. The minimum Gasteiger partial charge on any atom is -0.357 e. The van der Waals surface area contributed by atoms with Gasteiger partial charge in [0, 0.05) is 58.7 Å². The fourth-order valence-electron chi connectivity index (χ4n) is 3.12. The molecule has 1 aliphatic heterocycles. The molecule has 2 heterocycles. The Morgan fingerprint density at radius 1 is 1.18 bits per heavy atom. The second kappa shape index (κ2) is 11.6. The van der Waals surface area contributed by atoms with Gasteiger partial charge in [0.15, 0.2) is 11.1 Å². The van der Waals surface area contributed by atoms with Gasteiger partial charge in [-0.1, -0.05) is 30.3 Å². The highest BCUT2D eigenvalue weighted by atomic mass is 127. The molecule has 0 saturated carbocycles. The number of aliphatic imine (C=N–C) groups is 1. The molecule has 0 spiro atoms. The van der Waals surface area contributed by atoms with Crippen LogP contribution in [0.4, 0.5) is 5.13 Å². The van der Waals surface area contributed by atoms with Crippen LogP contribution in [-0.2, 0) is 13.1 Å². The van der Waals surface area contributed by atoms with E-state index in [1.165, 1.54) is 5.56 Å². The van der Waals surface area contributed by atoms with Crippen LogP contribution in [-0.4, -0.2) is 67.6 Å². The molecule has 154 valence electrons. The highest BCUT2D eigenvalue weighted by molar-refractivity contribution is 14.0. The van der Waals surface area contributed by atoms with E-state index in [9.17, 15) is 0 Å². The first-order valence-electron chi connectivity index (χ1n) is 9.57. The molecular weight excluding hydrogens is 483 g/mol. The van der Waals surface area contributed by atoms with Crippen molar-refractivity contribution in [2.24, 2.45) is 4.99 Å². The third-order valence-electron chi connectivity index (χ3n) is 4.57. The van der Waals surface area contributed by atoms with E-state index in [0.717, 1.165) is 56.1 Å². The summed E-state index contributed by atoms with van der Waals surface area (Å²) in [6, 6.07) is 10.7. The number of piperazine rings is 1. The van der Waals surface area contributed by atoms with Crippen LogP contribution in [0.1, 0.15) is 18.2 Å². The van der Waals surface area contributed by atoms with Crippen molar-refractivity contribution in [2.45, 2.75) is 20.0 Å². The zero-order valence-electron chi connectivity index (χ0n) is 17.0. The lowest BCUT2D eigenvalue weighted by Gasteiger charge is -2.36. The molecule has 0 amide bonds. The van der Waals surface area contributed by atoms with Crippen LogP contribution < -0.4 is 10.2 Å². The lowest BCUT2D eigenvalue weighted by molar-refractivity contribution is 0.172. The lowest BCUT2D eigenvalue weighted by Crippen LogP contribution is -2.52. The zero-order valence-corrected chi connectivity index (χ0v) is 20.1. The normalized spacial score (nSPS) is 15.2. The van der Waals surface area contributed by atoms with Gasteiger partial charge < -0.3 is 15.1 Å². The standard InChI is InChI=1S/C20H30N6S.HI/c1-4-21-19(22-14-18-16-27-20(23-18)24(2)3)26-12-10-25(11-13-26)15-17-8-6-5-7-9-17;/h5-9,16H,4,10-15H2,1-3H3,(H,21,22);1H. The van der Waals surface area contributed by atoms with E-state index in [1.54, 1.807) is 11.3 Å². The number of halogens is 1. The van der Waals surface area contributed by atoms with E-state index in [2.05, 4.69) is 62.7 Å². The summed E-state index contributed by atoms with van der Waals surface area (Å²) in [5.74, 6) is 0.997. The Labute approximate surface area is 189 Å². The molecule has 1 aromatic heterocycles. The highest BCUT2D eigenvalue weighted by Gasteiger charge is 2.19. The first-order chi connectivity index (χ1) is 13.2. The van der Waals surface area contributed by atoms with E-state index in [1.807, 2.05) is 19.0 Å². The summed E-state index contributed by atoms with van der Waals surface area (Å²) < 4.78 is 0. The number of hydrogen-bond acceptors (Lipinski definition) is 5. The largest absolute Gasteiger partial charge is 0.357 e. The number of rotatable bonds is 6. The number of anilines is 1. The van der Waals surface area contributed by atoms with Crippen molar-refractivity contribution in [3.8, 4) is 0 Å². The Kier molecular flexibility index (Phi) is 9.46. The van der Waals surface area contributed by atoms with Gasteiger partial charge in [0.05, 0.1) is 12.2 Å². The Balaban J connectivity index is 0.00000280. The van der Waals surface area contributed by atoms with Gasteiger partial charge in [-0.15, -0.1) is 35.3 Å². The van der Waals surface area contributed by atoms with Crippen molar-refractivity contribution in [2.75, 3.05) is 51.7 Å². The van der Waals surface area contributed by atoms with E-state index in [-0.39, 0.29) is 24.0 Å². The monoisotopic (exact) mass is 514 g/mol. The number of nitrogens with one attached hydrogen (secondary N) is 1. The number of guanidine groups is 1. The fourth-order valence-corrected chi connectivity index (χ4v) is 3.86. The van der Waals surface area contributed by atoms with Gasteiger partial charge in [-0.3, -0.25) is 4.90 Å². The van der Waals surface area contributed by atoms with Gasteiger partial charge in [0.25, 0.3) is 0 Å². The molecule has 0 aliphatic carbocycles. The second-order valence-electron chi connectivity index (χ2n) is 6.93. The molecule has 0 atom stereocenters. The molecule has 1 saturated heterocycles. The van der Waals surface area contributed by atoms with Crippen LogP contribution in [0.2, 0.25) is 0 Å². The van der Waals surface area contributed by atoms with Crippen molar-refractivity contribution in [1.29, 1.82) is 0 Å². The van der Waals surface area contributed by atoms with Gasteiger partial charge in [0.1, 0.15) is 0 Å². The lowest BCUT2D eigenvalue weighted by atomic mass is 10.2. The molecule has 28 heavy (non-hydrogen) atoms. The van der Waals surface area contributed by atoms with Crippen LogP contribution in [0.3, 0.4) is 0 Å². The average Bonchev–Trinajstić information content (AvgIpc) is 3.16. The van der Waals surface area contributed by atoms with Crippen molar-refractivity contribution in [3.63, 3.8) is 0 Å². The Hall–Kier alpha value is -1.39. The molecule has 8 heteroatoms. The van der Waals surface area contributed by atoms with Gasteiger partial charge >= 0.3 is 0 Å². The minimum atomic E-state index is 0. The van der Waals surface area contributed by atoms with E-state index >= 15 is 0 Å². The molecule has 1 N–H and O–H groups in total. The molecule has 0 unspecified atom stereocenters. The average molecular weight is 514 g/mol. The maximum absolute atomic E-state index is 4.83. The van der Waals surface area contributed by atoms with E-state index < -0.39 is 0 Å². The molecular formula is C20H31IN6S. The number of aromatic nitrogens is 1. The van der Waals surface area contributed by atoms with Crippen LogP contribution >= 0.6 is 35.3 Å². The van der Waals surface area contributed by atoms with Gasteiger partial charge in [0.2, 0.25) is 0 Å².